The third kappa shape index (κ3) is 3.81. The van der Waals surface area contributed by atoms with Crippen molar-refractivity contribution < 1.29 is 19.5 Å². The van der Waals surface area contributed by atoms with Gasteiger partial charge >= 0.3 is 5.97 Å². The summed E-state index contributed by atoms with van der Waals surface area (Å²) in [5.74, 6) is -1.28. The Kier molecular flexibility index (Phi) is 4.57. The van der Waals surface area contributed by atoms with Crippen LogP contribution in [0.15, 0.2) is 24.3 Å². The van der Waals surface area contributed by atoms with E-state index >= 15 is 0 Å². The quantitative estimate of drug-likeness (QED) is 0.845. The molecule has 6 nitrogen and oxygen atoms in total. The normalized spacial score (nSPS) is 15.9. The number of nitrogens with one attached hydrogen (secondary N) is 1. The van der Waals surface area contributed by atoms with Crippen LogP contribution in [0.3, 0.4) is 0 Å². The summed E-state index contributed by atoms with van der Waals surface area (Å²) < 4.78 is 0. The topological polar surface area (TPSA) is 86.7 Å². The van der Waals surface area contributed by atoms with Gasteiger partial charge in [0.05, 0.1) is 6.42 Å². The number of benzene rings is 1. The summed E-state index contributed by atoms with van der Waals surface area (Å²) >= 11 is 0. The van der Waals surface area contributed by atoms with Crippen LogP contribution in [0.2, 0.25) is 0 Å². The molecule has 0 radical (unpaired) electrons. The van der Waals surface area contributed by atoms with Crippen molar-refractivity contribution in [1.29, 1.82) is 0 Å². The zero-order chi connectivity index (χ0) is 15.4. The first-order valence-electron chi connectivity index (χ1n) is 6.89. The lowest BCUT2D eigenvalue weighted by Gasteiger charge is -2.16. The highest BCUT2D eigenvalue weighted by atomic mass is 16.4. The molecule has 2 rings (SSSR count). The van der Waals surface area contributed by atoms with Gasteiger partial charge in [0.25, 0.3) is 0 Å². The molecule has 1 saturated heterocycles. The SMILES string of the molecule is C[C@H](NC(=O)Cc1ccc(N2CCCC2=O)cc1)C(=O)O. The van der Waals surface area contributed by atoms with Gasteiger partial charge in [0, 0.05) is 18.7 Å². The van der Waals surface area contributed by atoms with Crippen molar-refractivity contribution in [3.63, 3.8) is 0 Å². The molecule has 1 fully saturated rings. The van der Waals surface area contributed by atoms with Crippen LogP contribution < -0.4 is 10.2 Å². The van der Waals surface area contributed by atoms with Crippen LogP contribution in [0, 0.1) is 0 Å². The minimum absolute atomic E-state index is 0.117. The molecule has 6 heteroatoms. The fourth-order valence-corrected chi connectivity index (χ4v) is 2.25. The molecule has 112 valence electrons. The average Bonchev–Trinajstić information content (AvgIpc) is 2.85. The van der Waals surface area contributed by atoms with E-state index < -0.39 is 12.0 Å². The fourth-order valence-electron chi connectivity index (χ4n) is 2.25. The first-order chi connectivity index (χ1) is 9.97. The number of carbonyl (C=O) groups excluding carboxylic acids is 2. The minimum Gasteiger partial charge on any atom is -0.480 e. The van der Waals surface area contributed by atoms with E-state index in [0.717, 1.165) is 24.2 Å². The summed E-state index contributed by atoms with van der Waals surface area (Å²) in [4.78, 5) is 35.7. The van der Waals surface area contributed by atoms with Gasteiger partial charge in [-0.15, -0.1) is 0 Å². The van der Waals surface area contributed by atoms with Gasteiger partial charge in [0.2, 0.25) is 11.8 Å². The van der Waals surface area contributed by atoms with Crippen molar-refractivity contribution in [2.75, 3.05) is 11.4 Å². The molecule has 1 aliphatic rings. The van der Waals surface area contributed by atoms with Crippen molar-refractivity contribution in [2.24, 2.45) is 0 Å². The van der Waals surface area contributed by atoms with Gasteiger partial charge in [0.1, 0.15) is 6.04 Å². The van der Waals surface area contributed by atoms with Gasteiger partial charge in [0.15, 0.2) is 0 Å². The number of carboxylic acids is 1. The van der Waals surface area contributed by atoms with E-state index in [1.165, 1.54) is 6.92 Å². The van der Waals surface area contributed by atoms with Crippen LogP contribution in [-0.2, 0) is 20.8 Å². The Hall–Kier alpha value is -2.37. The van der Waals surface area contributed by atoms with Gasteiger partial charge in [-0.05, 0) is 31.0 Å². The summed E-state index contributed by atoms with van der Waals surface area (Å²) in [5.41, 5.74) is 1.61. The number of anilines is 1. The maximum absolute atomic E-state index is 11.7. The molecule has 1 atom stereocenters. The fraction of sp³-hybridized carbons (Fsp3) is 0.400. The van der Waals surface area contributed by atoms with Crippen molar-refractivity contribution in [2.45, 2.75) is 32.2 Å². The molecule has 21 heavy (non-hydrogen) atoms. The first-order valence-corrected chi connectivity index (χ1v) is 6.89. The molecule has 0 aromatic heterocycles. The van der Waals surface area contributed by atoms with Crippen molar-refractivity contribution >= 4 is 23.5 Å². The Bertz CT molecular complexity index is 553. The summed E-state index contributed by atoms with van der Waals surface area (Å²) in [7, 11) is 0. The Morgan fingerprint density at radius 2 is 2.00 bits per heavy atom. The predicted octanol–water partition coefficient (Wildman–Crippen LogP) is 0.945. The molecule has 2 amide bonds. The van der Waals surface area contributed by atoms with Crippen molar-refractivity contribution in [3.05, 3.63) is 29.8 Å². The van der Waals surface area contributed by atoms with Crippen LogP contribution in [0.5, 0.6) is 0 Å². The second-order valence-electron chi connectivity index (χ2n) is 5.12. The van der Waals surface area contributed by atoms with Crippen LogP contribution >= 0.6 is 0 Å². The van der Waals surface area contributed by atoms with Crippen LogP contribution in [0.25, 0.3) is 0 Å². The molecule has 1 aromatic carbocycles. The number of rotatable bonds is 5. The second-order valence-corrected chi connectivity index (χ2v) is 5.12. The predicted molar refractivity (Wildman–Crippen MR) is 77.0 cm³/mol. The number of carbonyl (C=O) groups is 3. The van der Waals surface area contributed by atoms with E-state index in [9.17, 15) is 14.4 Å². The number of aliphatic carboxylic acids is 1. The molecule has 0 aliphatic carbocycles. The maximum atomic E-state index is 11.7. The van der Waals surface area contributed by atoms with Gasteiger partial charge in [-0.3, -0.25) is 14.4 Å². The van der Waals surface area contributed by atoms with Gasteiger partial charge in [-0.1, -0.05) is 12.1 Å². The van der Waals surface area contributed by atoms with E-state index in [1.807, 2.05) is 12.1 Å². The second kappa shape index (κ2) is 6.39. The van der Waals surface area contributed by atoms with Crippen LogP contribution in [0.1, 0.15) is 25.3 Å². The molecule has 0 unspecified atom stereocenters. The first kappa shape index (κ1) is 15.0. The van der Waals surface area contributed by atoms with E-state index in [1.54, 1.807) is 17.0 Å². The van der Waals surface area contributed by atoms with E-state index in [2.05, 4.69) is 5.32 Å². The molecular formula is C15H18N2O4. The standard InChI is InChI=1S/C15H18N2O4/c1-10(15(20)21)16-13(18)9-11-4-6-12(7-5-11)17-8-2-3-14(17)19/h4-7,10H,2-3,8-9H2,1H3,(H,16,18)(H,20,21)/t10-/m0/s1. The highest BCUT2D eigenvalue weighted by Crippen LogP contribution is 2.21. The number of amides is 2. The van der Waals surface area contributed by atoms with E-state index in [-0.39, 0.29) is 18.2 Å². The monoisotopic (exact) mass is 290 g/mol. The van der Waals surface area contributed by atoms with Gasteiger partial charge < -0.3 is 15.3 Å². The van der Waals surface area contributed by atoms with Gasteiger partial charge in [-0.2, -0.15) is 0 Å². The molecular weight excluding hydrogens is 272 g/mol. The summed E-state index contributed by atoms with van der Waals surface area (Å²) in [6.45, 7) is 2.15. The molecule has 1 aromatic rings. The molecule has 0 bridgehead atoms. The lowest BCUT2D eigenvalue weighted by atomic mass is 10.1. The molecule has 2 N–H and O–H groups in total. The minimum atomic E-state index is -1.06. The Morgan fingerprint density at radius 3 is 2.52 bits per heavy atom. The smallest absolute Gasteiger partial charge is 0.325 e. The number of hydrogen-bond donors (Lipinski definition) is 2. The lowest BCUT2D eigenvalue weighted by Crippen LogP contribution is -2.39. The lowest BCUT2D eigenvalue weighted by molar-refractivity contribution is -0.141. The largest absolute Gasteiger partial charge is 0.480 e. The molecule has 1 aliphatic heterocycles. The van der Waals surface area contributed by atoms with Crippen LogP contribution in [0.4, 0.5) is 5.69 Å². The third-order valence-electron chi connectivity index (χ3n) is 3.43. The summed E-state index contributed by atoms with van der Waals surface area (Å²) in [6.07, 6.45) is 1.57. The molecule has 0 spiro atoms. The third-order valence-corrected chi connectivity index (χ3v) is 3.43. The maximum Gasteiger partial charge on any atom is 0.325 e. The highest BCUT2D eigenvalue weighted by molar-refractivity contribution is 5.95. The Labute approximate surface area is 122 Å². The Morgan fingerprint density at radius 1 is 1.33 bits per heavy atom. The van der Waals surface area contributed by atoms with Crippen LogP contribution in [-0.4, -0.2) is 35.5 Å². The summed E-state index contributed by atoms with van der Waals surface area (Å²) in [6, 6.07) is 6.29. The highest BCUT2D eigenvalue weighted by Gasteiger charge is 2.21. The van der Waals surface area contributed by atoms with E-state index in [4.69, 9.17) is 5.11 Å². The number of nitrogens with zero attached hydrogens (tertiary/aromatic N) is 1. The van der Waals surface area contributed by atoms with Crippen molar-refractivity contribution in [1.82, 2.24) is 5.32 Å². The zero-order valence-corrected chi connectivity index (χ0v) is 11.8. The zero-order valence-electron chi connectivity index (χ0n) is 11.8. The molecule has 0 saturated carbocycles. The number of carboxylic acid groups (broad SMARTS) is 1. The average molecular weight is 290 g/mol. The van der Waals surface area contributed by atoms with Gasteiger partial charge in [-0.25, -0.2) is 0 Å². The number of hydrogen-bond acceptors (Lipinski definition) is 3. The van der Waals surface area contributed by atoms with Crippen molar-refractivity contribution in [3.8, 4) is 0 Å². The Balaban J connectivity index is 1.95. The summed E-state index contributed by atoms with van der Waals surface area (Å²) in [5, 5.41) is 11.1. The van der Waals surface area contributed by atoms with E-state index in [0.29, 0.717) is 6.42 Å². The molecule has 1 heterocycles.